The van der Waals surface area contributed by atoms with Gasteiger partial charge in [0.25, 0.3) is 0 Å². The maximum atomic E-state index is 14.4. The van der Waals surface area contributed by atoms with Gasteiger partial charge in [-0.3, -0.25) is 19.1 Å². The first-order valence-electron chi connectivity index (χ1n) is 16.8. The molecule has 2 bridgehead atoms. The number of likely N-dealkylation sites (tertiary alicyclic amines) is 1. The first kappa shape index (κ1) is 34.3. The quantitative estimate of drug-likeness (QED) is 0.212. The van der Waals surface area contributed by atoms with Crippen molar-refractivity contribution < 1.29 is 22.8 Å². The highest BCUT2D eigenvalue weighted by Gasteiger charge is 2.67. The standard InChI is InChI=1S/C36H38BrN7O5S/c1-22(45)35-27-14-25(26-18-38-23(2)39-19-26)9-11-29(27)43(41-35)20-34(47)44-30-16-36(17-32(36)44)21-42(3)50(48,49)13-7-5-4-6-8-24-10-12-33(37)40-28(24)15-31(30)46/h6,8-12,14,18-19,30,32H,4-5,7,13,15-17,20-21H2,1-3H3/b8-6+/t30-,32+,36-/m0/s1. The smallest absolute Gasteiger partial charge is 0.245 e. The van der Waals surface area contributed by atoms with Crippen LogP contribution in [-0.2, 0) is 32.6 Å². The van der Waals surface area contributed by atoms with Crippen molar-refractivity contribution >= 4 is 60.4 Å². The largest absolute Gasteiger partial charge is 0.327 e. The summed E-state index contributed by atoms with van der Waals surface area (Å²) in [4.78, 5) is 56.2. The molecule has 50 heavy (non-hydrogen) atoms. The van der Waals surface area contributed by atoms with Crippen LogP contribution in [0, 0.1) is 12.3 Å². The highest BCUT2D eigenvalue weighted by atomic mass is 79.9. The predicted octanol–water partition coefficient (Wildman–Crippen LogP) is 4.79. The molecule has 0 radical (unpaired) electrons. The minimum absolute atomic E-state index is 0.0230. The number of sulfonamides is 1. The fourth-order valence-electron chi connectivity index (χ4n) is 7.50. The van der Waals surface area contributed by atoms with Gasteiger partial charge in [0.2, 0.25) is 15.9 Å². The maximum Gasteiger partial charge on any atom is 0.245 e. The van der Waals surface area contributed by atoms with E-state index in [1.54, 1.807) is 31.3 Å². The van der Waals surface area contributed by atoms with Crippen LogP contribution in [0.15, 0.2) is 53.4 Å². The molecule has 3 aliphatic rings. The normalized spacial score (nSPS) is 24.5. The van der Waals surface area contributed by atoms with Crippen molar-refractivity contribution in [3.63, 3.8) is 0 Å². The van der Waals surface area contributed by atoms with E-state index in [-0.39, 0.29) is 54.5 Å². The van der Waals surface area contributed by atoms with Crippen molar-refractivity contribution in [1.29, 1.82) is 0 Å². The molecule has 0 unspecified atom stereocenters. The number of fused-ring (bicyclic) bond motifs is 3. The lowest BCUT2D eigenvalue weighted by molar-refractivity contribution is -0.139. The van der Waals surface area contributed by atoms with Crippen LogP contribution in [0.4, 0.5) is 0 Å². The first-order chi connectivity index (χ1) is 23.8. The van der Waals surface area contributed by atoms with E-state index in [1.165, 1.54) is 15.9 Å². The lowest BCUT2D eigenvalue weighted by atomic mass is 9.94. The molecule has 1 saturated heterocycles. The van der Waals surface area contributed by atoms with Gasteiger partial charge < -0.3 is 4.90 Å². The molecular weight excluding hydrogens is 722 g/mol. The maximum absolute atomic E-state index is 14.4. The molecule has 1 aromatic carbocycles. The zero-order valence-corrected chi connectivity index (χ0v) is 30.6. The van der Waals surface area contributed by atoms with Gasteiger partial charge in [0.05, 0.1) is 29.4 Å². The Hall–Kier alpha value is -4.14. The number of benzene rings is 1. The molecule has 4 aromatic rings. The summed E-state index contributed by atoms with van der Waals surface area (Å²) in [6.45, 7) is 3.29. The van der Waals surface area contributed by atoms with Crippen LogP contribution in [0.25, 0.3) is 28.1 Å². The number of carbonyl (C=O) groups excluding carboxylic acids is 3. The van der Waals surface area contributed by atoms with E-state index in [0.29, 0.717) is 52.7 Å². The SMILES string of the molecule is CC(=O)c1nn(CC(=O)N2[C@H]3C[C@]4(C[C@@H]24)CN(C)S(=O)(=O)CCCC/C=C/c2ccc(Br)nc2CC3=O)c2ccc(-c3cnc(C)nc3)cc12. The van der Waals surface area contributed by atoms with E-state index in [9.17, 15) is 22.8 Å². The minimum atomic E-state index is -3.52. The molecule has 1 saturated carbocycles. The lowest BCUT2D eigenvalue weighted by Gasteiger charge is -2.27. The molecule has 0 N–H and O–H groups in total. The molecule has 1 aliphatic carbocycles. The van der Waals surface area contributed by atoms with Crippen LogP contribution in [0.1, 0.15) is 66.6 Å². The second kappa shape index (κ2) is 13.2. The van der Waals surface area contributed by atoms with Crippen LogP contribution >= 0.6 is 15.9 Å². The molecule has 7 rings (SSSR count). The monoisotopic (exact) mass is 759 g/mol. The van der Waals surface area contributed by atoms with Crippen molar-refractivity contribution in [1.82, 2.24) is 33.9 Å². The fourth-order valence-corrected chi connectivity index (χ4v) is 9.18. The number of hydrogen-bond acceptors (Lipinski definition) is 9. The van der Waals surface area contributed by atoms with Crippen LogP contribution in [0.3, 0.4) is 0 Å². The van der Waals surface area contributed by atoms with Crippen LogP contribution in [-0.4, -0.2) is 91.3 Å². The molecule has 2 fully saturated rings. The summed E-state index contributed by atoms with van der Waals surface area (Å²) >= 11 is 3.44. The average Bonchev–Trinajstić information content (AvgIpc) is 3.47. The summed E-state index contributed by atoms with van der Waals surface area (Å²) in [7, 11) is -1.92. The van der Waals surface area contributed by atoms with Gasteiger partial charge in [-0.1, -0.05) is 24.3 Å². The van der Waals surface area contributed by atoms with Gasteiger partial charge in [-0.2, -0.15) is 5.10 Å². The molecule has 3 aromatic heterocycles. The summed E-state index contributed by atoms with van der Waals surface area (Å²) in [6, 6.07) is 8.23. The summed E-state index contributed by atoms with van der Waals surface area (Å²) < 4.78 is 30.1. The summed E-state index contributed by atoms with van der Waals surface area (Å²) in [5.74, 6) is -0.0189. The Balaban J connectivity index is 1.23. The molecule has 1 amide bonds. The Morgan fingerprint density at radius 1 is 1.06 bits per heavy atom. The van der Waals surface area contributed by atoms with Gasteiger partial charge in [0.15, 0.2) is 11.6 Å². The number of allylic oxidation sites excluding steroid dienone is 1. The highest BCUT2D eigenvalue weighted by Crippen LogP contribution is 2.60. The molecule has 14 heteroatoms. The van der Waals surface area contributed by atoms with E-state index in [4.69, 9.17) is 0 Å². The summed E-state index contributed by atoms with van der Waals surface area (Å²) in [5, 5.41) is 5.19. The number of Topliss-reactive ketones (excluding diaryl/α,β-unsaturated/α-hetero) is 2. The Bertz CT molecular complexity index is 2170. The number of aryl methyl sites for hydroxylation is 1. The lowest BCUT2D eigenvalue weighted by Crippen LogP contribution is -2.45. The average molecular weight is 761 g/mol. The second-order valence-corrected chi connectivity index (χ2v) is 16.7. The van der Waals surface area contributed by atoms with Crippen molar-refractivity contribution in [3.8, 4) is 11.1 Å². The second-order valence-electron chi connectivity index (χ2n) is 13.7. The Kier molecular flexibility index (Phi) is 9.06. The van der Waals surface area contributed by atoms with Crippen molar-refractivity contribution in [2.75, 3.05) is 19.3 Å². The van der Waals surface area contributed by atoms with E-state index in [0.717, 1.165) is 23.1 Å². The Labute approximate surface area is 299 Å². The Morgan fingerprint density at radius 3 is 2.60 bits per heavy atom. The number of ketones is 2. The molecule has 2 aliphatic heterocycles. The molecular formula is C36H38BrN7O5S. The van der Waals surface area contributed by atoms with E-state index in [2.05, 4.69) is 36.0 Å². The van der Waals surface area contributed by atoms with Gasteiger partial charge in [0, 0.05) is 55.3 Å². The number of pyridine rings is 1. The third kappa shape index (κ3) is 6.56. The topological polar surface area (TPSA) is 148 Å². The number of nitrogens with zero attached hydrogens (tertiary/aromatic N) is 7. The number of carbonyl (C=O) groups is 3. The number of rotatable bonds is 4. The van der Waals surface area contributed by atoms with Gasteiger partial charge in [-0.15, -0.1) is 0 Å². The van der Waals surface area contributed by atoms with Crippen molar-refractivity contribution in [2.45, 2.75) is 71.0 Å². The van der Waals surface area contributed by atoms with Gasteiger partial charge in [0.1, 0.15) is 22.7 Å². The fraction of sp³-hybridized carbons (Fsp3) is 0.417. The zero-order chi connectivity index (χ0) is 35.4. The number of aromatic nitrogens is 5. The highest BCUT2D eigenvalue weighted by molar-refractivity contribution is 9.10. The van der Waals surface area contributed by atoms with Gasteiger partial charge in [-0.05, 0) is 84.3 Å². The predicted molar refractivity (Wildman–Crippen MR) is 192 cm³/mol. The van der Waals surface area contributed by atoms with Gasteiger partial charge >= 0.3 is 0 Å². The third-order valence-corrected chi connectivity index (χ3v) is 12.5. The molecule has 260 valence electrons. The zero-order valence-electron chi connectivity index (χ0n) is 28.2. The molecule has 12 nitrogen and oxygen atoms in total. The Morgan fingerprint density at radius 2 is 1.84 bits per heavy atom. The first-order valence-corrected chi connectivity index (χ1v) is 19.2. The van der Waals surface area contributed by atoms with E-state index in [1.807, 2.05) is 42.5 Å². The summed E-state index contributed by atoms with van der Waals surface area (Å²) in [5.41, 5.74) is 3.35. The van der Waals surface area contributed by atoms with Crippen LogP contribution in [0.5, 0.6) is 0 Å². The van der Waals surface area contributed by atoms with E-state index < -0.39 is 21.5 Å². The molecule has 3 atom stereocenters. The molecule has 5 heterocycles. The van der Waals surface area contributed by atoms with Gasteiger partial charge in [-0.25, -0.2) is 27.7 Å². The minimum Gasteiger partial charge on any atom is -0.327 e. The number of amides is 1. The van der Waals surface area contributed by atoms with E-state index >= 15 is 0 Å². The summed E-state index contributed by atoms with van der Waals surface area (Å²) in [6.07, 6.45) is 10.3. The third-order valence-electron chi connectivity index (χ3n) is 10.2. The van der Waals surface area contributed by atoms with Crippen molar-refractivity contribution in [3.05, 3.63) is 76.2 Å². The number of hydrogen-bond donors (Lipinski definition) is 0. The molecule has 1 spiro atoms. The number of piperidine rings is 1. The van der Waals surface area contributed by atoms with Crippen LogP contribution < -0.4 is 0 Å². The van der Waals surface area contributed by atoms with Crippen molar-refractivity contribution in [2.24, 2.45) is 5.41 Å². The van der Waals surface area contributed by atoms with Crippen LogP contribution in [0.2, 0.25) is 0 Å². The number of halogens is 1.